The molecule has 1 aliphatic heterocycles. The minimum atomic E-state index is -0.232. The molecule has 0 unspecified atom stereocenters. The van der Waals surface area contributed by atoms with Crippen LogP contribution >= 0.6 is 0 Å². The molecular weight excluding hydrogens is 379 g/mol. The lowest BCUT2D eigenvalue weighted by atomic mass is 10.1. The number of pyridine rings is 1. The van der Waals surface area contributed by atoms with Gasteiger partial charge in [0.25, 0.3) is 5.56 Å². The van der Waals surface area contributed by atoms with Gasteiger partial charge in [-0.05, 0) is 92.4 Å². The van der Waals surface area contributed by atoms with Gasteiger partial charge in [0.1, 0.15) is 18.2 Å². The van der Waals surface area contributed by atoms with E-state index in [0.29, 0.717) is 6.61 Å². The van der Waals surface area contributed by atoms with Gasteiger partial charge < -0.3 is 4.74 Å². The minimum Gasteiger partial charge on any atom is -0.492 e. The molecule has 0 spiro atoms. The van der Waals surface area contributed by atoms with Crippen LogP contribution in [0.3, 0.4) is 0 Å². The average Bonchev–Trinajstić information content (AvgIpc) is 3.28. The summed E-state index contributed by atoms with van der Waals surface area (Å²) < 4.78 is 20.5. The molecule has 1 saturated heterocycles. The van der Waals surface area contributed by atoms with Crippen molar-refractivity contribution < 1.29 is 9.13 Å². The van der Waals surface area contributed by atoms with Crippen molar-refractivity contribution in [1.29, 1.82) is 0 Å². The molecule has 1 aromatic heterocycles. The number of likely N-dealkylation sites (tertiary alicyclic amines) is 1. The first-order valence-electron chi connectivity index (χ1n) is 10.6. The first-order chi connectivity index (χ1) is 14.7. The van der Waals surface area contributed by atoms with Gasteiger partial charge in [0, 0.05) is 24.5 Å². The highest BCUT2D eigenvalue weighted by Crippen LogP contribution is 2.15. The van der Waals surface area contributed by atoms with Crippen molar-refractivity contribution in [1.82, 2.24) is 9.47 Å². The van der Waals surface area contributed by atoms with E-state index in [4.69, 9.17) is 4.74 Å². The molecule has 0 atom stereocenters. The fourth-order valence-corrected chi connectivity index (χ4v) is 3.83. The predicted molar refractivity (Wildman–Crippen MR) is 117 cm³/mol. The van der Waals surface area contributed by atoms with Crippen molar-refractivity contribution in [3.63, 3.8) is 0 Å². The Hall–Kier alpha value is -2.92. The lowest BCUT2D eigenvalue weighted by Gasteiger charge is -2.15. The van der Waals surface area contributed by atoms with Gasteiger partial charge in [0.2, 0.25) is 0 Å². The van der Waals surface area contributed by atoms with Gasteiger partial charge in [-0.2, -0.15) is 0 Å². The Labute approximate surface area is 176 Å². The van der Waals surface area contributed by atoms with Crippen LogP contribution in [0.5, 0.6) is 5.75 Å². The standard InChI is InChI=1S/C25H27FN2O2/c26-22-7-5-20(6-8-22)3-4-21-13-16-28(25(29)19-21)23-9-11-24(12-10-23)30-18-17-27-14-1-2-15-27/h5-13,16,19H,1-4,14-15,17-18H2. The van der Waals surface area contributed by atoms with E-state index < -0.39 is 0 Å². The average molecular weight is 407 g/mol. The van der Waals surface area contributed by atoms with E-state index in [1.54, 1.807) is 22.8 Å². The summed E-state index contributed by atoms with van der Waals surface area (Å²) in [5, 5.41) is 0. The molecule has 4 nitrogen and oxygen atoms in total. The van der Waals surface area contributed by atoms with Gasteiger partial charge >= 0.3 is 0 Å². The molecule has 0 N–H and O–H groups in total. The summed E-state index contributed by atoms with van der Waals surface area (Å²) in [6, 6.07) is 17.8. The van der Waals surface area contributed by atoms with Gasteiger partial charge in [-0.15, -0.1) is 0 Å². The number of hydrogen-bond donors (Lipinski definition) is 0. The van der Waals surface area contributed by atoms with Crippen LogP contribution in [-0.2, 0) is 12.8 Å². The number of nitrogens with zero attached hydrogens (tertiary/aromatic N) is 2. The van der Waals surface area contributed by atoms with Gasteiger partial charge in [0.15, 0.2) is 0 Å². The van der Waals surface area contributed by atoms with Crippen molar-refractivity contribution in [2.24, 2.45) is 0 Å². The predicted octanol–water partition coefficient (Wildman–Crippen LogP) is 4.24. The molecule has 5 heteroatoms. The molecule has 2 aromatic carbocycles. The van der Waals surface area contributed by atoms with E-state index in [9.17, 15) is 9.18 Å². The third-order valence-corrected chi connectivity index (χ3v) is 5.59. The molecule has 1 fully saturated rings. The summed E-state index contributed by atoms with van der Waals surface area (Å²) in [6.07, 6.45) is 5.90. The summed E-state index contributed by atoms with van der Waals surface area (Å²) in [6.45, 7) is 3.98. The number of benzene rings is 2. The van der Waals surface area contributed by atoms with Crippen LogP contribution in [0, 0.1) is 5.82 Å². The van der Waals surface area contributed by atoms with Crippen LogP contribution in [0.15, 0.2) is 71.7 Å². The van der Waals surface area contributed by atoms with E-state index in [1.165, 1.54) is 38.1 Å². The number of hydrogen-bond acceptors (Lipinski definition) is 3. The highest BCUT2D eigenvalue weighted by molar-refractivity contribution is 5.38. The molecule has 0 amide bonds. The van der Waals surface area contributed by atoms with Crippen molar-refractivity contribution in [2.75, 3.05) is 26.2 Å². The smallest absolute Gasteiger partial charge is 0.255 e. The van der Waals surface area contributed by atoms with Crippen molar-refractivity contribution in [2.45, 2.75) is 25.7 Å². The molecule has 0 saturated carbocycles. The van der Waals surface area contributed by atoms with E-state index in [-0.39, 0.29) is 11.4 Å². The quantitative estimate of drug-likeness (QED) is 0.561. The van der Waals surface area contributed by atoms with Crippen LogP contribution in [0.25, 0.3) is 5.69 Å². The summed E-state index contributed by atoms with van der Waals surface area (Å²) in [5.74, 6) is 0.589. The Balaban J connectivity index is 1.34. The van der Waals surface area contributed by atoms with Gasteiger partial charge in [-0.25, -0.2) is 4.39 Å². The maximum atomic E-state index is 13.0. The normalized spacial score (nSPS) is 14.2. The Morgan fingerprint density at radius 3 is 2.27 bits per heavy atom. The summed E-state index contributed by atoms with van der Waals surface area (Å²) in [4.78, 5) is 15.0. The maximum Gasteiger partial charge on any atom is 0.255 e. The molecule has 4 rings (SSSR count). The monoisotopic (exact) mass is 406 g/mol. The second-order valence-corrected chi connectivity index (χ2v) is 7.76. The zero-order chi connectivity index (χ0) is 20.8. The number of halogens is 1. The largest absolute Gasteiger partial charge is 0.492 e. The maximum absolute atomic E-state index is 13.0. The number of ether oxygens (including phenoxy) is 1. The highest BCUT2D eigenvalue weighted by atomic mass is 19.1. The third kappa shape index (κ3) is 5.36. The first kappa shape index (κ1) is 20.4. The van der Waals surface area contributed by atoms with Crippen LogP contribution in [-0.4, -0.2) is 35.7 Å². The molecule has 3 aromatic rings. The molecule has 0 radical (unpaired) electrons. The van der Waals surface area contributed by atoms with Gasteiger partial charge in [-0.1, -0.05) is 12.1 Å². The second-order valence-electron chi connectivity index (χ2n) is 7.76. The fraction of sp³-hybridized carbons (Fsp3) is 0.320. The third-order valence-electron chi connectivity index (χ3n) is 5.59. The zero-order valence-corrected chi connectivity index (χ0v) is 17.1. The van der Waals surface area contributed by atoms with Crippen LogP contribution in [0.4, 0.5) is 4.39 Å². The topological polar surface area (TPSA) is 34.5 Å². The lowest BCUT2D eigenvalue weighted by molar-refractivity contribution is 0.238. The van der Waals surface area contributed by atoms with Crippen molar-refractivity contribution in [3.8, 4) is 11.4 Å². The molecule has 0 bridgehead atoms. The zero-order valence-electron chi connectivity index (χ0n) is 17.1. The van der Waals surface area contributed by atoms with E-state index in [0.717, 1.165) is 42.0 Å². The molecule has 2 heterocycles. The molecule has 0 aliphatic carbocycles. The first-order valence-corrected chi connectivity index (χ1v) is 10.6. The number of rotatable bonds is 8. The number of aryl methyl sites for hydroxylation is 2. The lowest BCUT2D eigenvalue weighted by Crippen LogP contribution is -2.25. The molecule has 30 heavy (non-hydrogen) atoms. The molecule has 1 aliphatic rings. The minimum absolute atomic E-state index is 0.0608. The number of aromatic nitrogens is 1. The Morgan fingerprint density at radius 1 is 0.867 bits per heavy atom. The van der Waals surface area contributed by atoms with Gasteiger partial charge in [-0.3, -0.25) is 14.3 Å². The van der Waals surface area contributed by atoms with Gasteiger partial charge in [0.05, 0.1) is 0 Å². The summed E-state index contributed by atoms with van der Waals surface area (Å²) >= 11 is 0. The Kier molecular flexibility index (Phi) is 6.60. The Bertz CT molecular complexity index is 1010. The van der Waals surface area contributed by atoms with Crippen molar-refractivity contribution in [3.05, 3.63) is 94.2 Å². The Morgan fingerprint density at radius 2 is 1.57 bits per heavy atom. The van der Waals surface area contributed by atoms with Crippen LogP contribution < -0.4 is 10.3 Å². The summed E-state index contributed by atoms with van der Waals surface area (Å²) in [7, 11) is 0. The SMILES string of the molecule is O=c1cc(CCc2ccc(F)cc2)ccn1-c1ccc(OCCN2CCCC2)cc1. The summed E-state index contributed by atoms with van der Waals surface area (Å²) in [5.41, 5.74) is 2.79. The van der Waals surface area contributed by atoms with E-state index in [1.807, 2.05) is 36.5 Å². The fourth-order valence-electron chi connectivity index (χ4n) is 3.83. The molecular formula is C25H27FN2O2. The van der Waals surface area contributed by atoms with Crippen LogP contribution in [0.1, 0.15) is 24.0 Å². The highest BCUT2D eigenvalue weighted by Gasteiger charge is 2.10. The van der Waals surface area contributed by atoms with E-state index >= 15 is 0 Å². The second kappa shape index (κ2) is 9.72. The van der Waals surface area contributed by atoms with Crippen LogP contribution in [0.2, 0.25) is 0 Å². The molecule has 156 valence electrons. The van der Waals surface area contributed by atoms with Crippen molar-refractivity contribution >= 4 is 0 Å². The van der Waals surface area contributed by atoms with E-state index in [2.05, 4.69) is 4.90 Å².